The maximum atomic E-state index is 2.37. The molecule has 0 fully saturated rings. The molecular weight excluding hydrogens is 769 g/mol. The molecule has 0 aliphatic heterocycles. The summed E-state index contributed by atoms with van der Waals surface area (Å²) in [5.41, 5.74) is 23.5. The third-order valence-corrected chi connectivity index (χ3v) is 12.4. The molecule has 0 nitrogen and oxygen atoms in total. The Morgan fingerprint density at radius 3 is 0.984 bits per heavy atom. The van der Waals surface area contributed by atoms with Gasteiger partial charge in [-0.05, 0) is 188 Å². The summed E-state index contributed by atoms with van der Waals surface area (Å²) in [6.45, 7) is 44.2. The summed E-state index contributed by atoms with van der Waals surface area (Å²) in [6, 6.07) is 43.3. The van der Waals surface area contributed by atoms with Gasteiger partial charge in [0.15, 0.2) is 0 Å². The second-order valence-corrected chi connectivity index (χ2v) is 19.2. The molecule has 0 amide bonds. The van der Waals surface area contributed by atoms with E-state index in [1.165, 1.54) is 89.0 Å². The van der Waals surface area contributed by atoms with Crippen LogP contribution >= 0.6 is 0 Å². The molecule has 0 spiro atoms. The Morgan fingerprint density at radius 1 is 0.359 bits per heavy atom. The van der Waals surface area contributed by atoms with Gasteiger partial charge in [-0.2, -0.15) is 0 Å². The van der Waals surface area contributed by atoms with E-state index in [-0.39, 0.29) is 5.41 Å². The fourth-order valence-corrected chi connectivity index (χ4v) is 8.00. The van der Waals surface area contributed by atoms with E-state index in [0.717, 1.165) is 32.1 Å². The summed E-state index contributed by atoms with van der Waals surface area (Å²) in [5.74, 6) is 1.30. The van der Waals surface area contributed by atoms with Crippen LogP contribution in [0.1, 0.15) is 184 Å². The van der Waals surface area contributed by atoms with Crippen LogP contribution in [0.25, 0.3) is 0 Å². The molecule has 0 radical (unpaired) electrons. The number of hydrogen-bond acceptors (Lipinski definition) is 0. The predicted octanol–water partition coefficient (Wildman–Crippen LogP) is 18.9. The van der Waals surface area contributed by atoms with Gasteiger partial charge in [0.1, 0.15) is 0 Å². The Hall–Kier alpha value is -4.68. The molecule has 0 saturated heterocycles. The first-order valence-electron chi connectivity index (χ1n) is 24.6. The Morgan fingerprint density at radius 2 is 0.703 bits per heavy atom. The minimum Gasteiger partial charge on any atom is -0.0620 e. The molecule has 64 heavy (non-hydrogen) atoms. The average Bonchev–Trinajstić information content (AvgIpc) is 3.26. The van der Waals surface area contributed by atoms with Gasteiger partial charge >= 0.3 is 0 Å². The number of benzene rings is 6. The highest BCUT2D eigenvalue weighted by molar-refractivity contribution is 5.40. The van der Waals surface area contributed by atoms with E-state index in [4.69, 9.17) is 0 Å². The molecule has 6 rings (SSSR count). The monoisotopic (exact) mass is 861 g/mol. The van der Waals surface area contributed by atoms with Gasteiger partial charge < -0.3 is 0 Å². The maximum Gasteiger partial charge on any atom is -0.0129 e. The number of aryl methyl sites for hydroxylation is 11. The third-order valence-electron chi connectivity index (χ3n) is 12.4. The van der Waals surface area contributed by atoms with Crippen LogP contribution in [0.4, 0.5) is 0 Å². The Kier molecular flexibility index (Phi) is 26.6. The second kappa shape index (κ2) is 29.7. The van der Waals surface area contributed by atoms with Gasteiger partial charge in [-0.25, -0.2) is 0 Å². The minimum atomic E-state index is 0.283. The van der Waals surface area contributed by atoms with Crippen LogP contribution in [-0.4, -0.2) is 0 Å². The van der Waals surface area contributed by atoms with Crippen LogP contribution in [0.5, 0.6) is 0 Å². The van der Waals surface area contributed by atoms with Gasteiger partial charge in [-0.15, -0.1) is 0 Å². The lowest BCUT2D eigenvalue weighted by molar-refractivity contribution is 0.586. The maximum absolute atomic E-state index is 2.37. The fraction of sp³-hybridized carbons (Fsp3) is 0.438. The molecule has 0 bridgehead atoms. The minimum absolute atomic E-state index is 0.283. The van der Waals surface area contributed by atoms with Crippen LogP contribution < -0.4 is 0 Å². The van der Waals surface area contributed by atoms with Crippen molar-refractivity contribution >= 4 is 0 Å². The van der Waals surface area contributed by atoms with Crippen molar-refractivity contribution in [1.29, 1.82) is 0 Å². The molecule has 0 aliphatic carbocycles. The summed E-state index contributed by atoms with van der Waals surface area (Å²) in [5, 5.41) is 0. The van der Waals surface area contributed by atoms with E-state index in [0.29, 0.717) is 11.8 Å². The van der Waals surface area contributed by atoms with Crippen LogP contribution in [0, 0.1) is 55.4 Å². The molecule has 0 heterocycles. The zero-order valence-electron chi connectivity index (χ0n) is 44.7. The molecule has 0 aromatic heterocycles. The second-order valence-electron chi connectivity index (χ2n) is 19.2. The summed E-state index contributed by atoms with van der Waals surface area (Å²) >= 11 is 0. The number of hydrogen-bond donors (Lipinski definition) is 0. The summed E-state index contributed by atoms with van der Waals surface area (Å²) in [4.78, 5) is 0. The van der Waals surface area contributed by atoms with E-state index in [1.807, 2.05) is 0 Å². The van der Waals surface area contributed by atoms with E-state index in [1.54, 1.807) is 0 Å². The van der Waals surface area contributed by atoms with E-state index in [9.17, 15) is 0 Å². The molecule has 0 N–H and O–H groups in total. The molecule has 0 atom stereocenters. The van der Waals surface area contributed by atoms with Crippen LogP contribution in [0.2, 0.25) is 0 Å². The number of rotatable bonds is 7. The van der Waals surface area contributed by atoms with Crippen molar-refractivity contribution in [2.24, 2.45) is 0 Å². The SMILES string of the molecule is CCc1cc(C(C)C)cc(CC)c1C.CCc1cc(C)cc(CC)c1C.CCc1ccccc1C.Cc1ccccc1C.Cc1ccccc1C(C)(C)C.Cc1ccccc1C(C)C. The molecule has 6 aromatic rings. The molecular formula is C64H92. The first-order valence-corrected chi connectivity index (χ1v) is 24.6. The standard InChI is InChI=1S/C14H22.C12H18.C11H16.C10H14.C9H12.C8H10/c1-6-12-8-14(10(3)4)9-13(7-2)11(12)5;1-5-11-7-9(3)8-12(6-2)10(11)4;1-9-7-5-6-8-10(9)11(2,3)4;1-8(2)10-7-5-4-6-9(10)3;1-3-9-7-5-4-6-8(9)2;1-7-5-3-4-6-8(7)2/h8-10H,6-7H2,1-5H3;7-8H,5-6H2,1-4H3;5-8H,1-4H3;4-8H,1-3H3;4-7H,3H2,1-2H3;3-6H,1-2H3. The molecule has 348 valence electrons. The van der Waals surface area contributed by atoms with Crippen molar-refractivity contribution in [3.8, 4) is 0 Å². The zero-order valence-corrected chi connectivity index (χ0v) is 44.7. The zero-order chi connectivity index (χ0) is 48.6. The average molecular weight is 861 g/mol. The Bertz CT molecular complexity index is 2150. The lowest BCUT2D eigenvalue weighted by Crippen LogP contribution is -2.12. The molecule has 0 aliphatic rings. The van der Waals surface area contributed by atoms with Crippen molar-refractivity contribution in [2.75, 3.05) is 0 Å². The molecule has 0 heteroatoms. The van der Waals surface area contributed by atoms with E-state index < -0.39 is 0 Å². The first-order chi connectivity index (χ1) is 30.2. The van der Waals surface area contributed by atoms with Gasteiger partial charge in [0.2, 0.25) is 0 Å². The topological polar surface area (TPSA) is 0 Å². The third kappa shape index (κ3) is 20.0. The quantitative estimate of drug-likeness (QED) is 0.150. The Labute approximate surface area is 396 Å². The molecule has 6 aromatic carbocycles. The van der Waals surface area contributed by atoms with Gasteiger partial charge in [0.05, 0.1) is 0 Å². The van der Waals surface area contributed by atoms with Gasteiger partial charge in [0, 0.05) is 0 Å². The highest BCUT2D eigenvalue weighted by Crippen LogP contribution is 2.25. The lowest BCUT2D eigenvalue weighted by atomic mass is 9.84. The smallest absolute Gasteiger partial charge is 0.0129 e. The van der Waals surface area contributed by atoms with Crippen LogP contribution in [0.3, 0.4) is 0 Å². The van der Waals surface area contributed by atoms with E-state index in [2.05, 4.69) is 260 Å². The van der Waals surface area contributed by atoms with Gasteiger partial charge in [-0.1, -0.05) is 210 Å². The molecule has 0 unspecified atom stereocenters. The summed E-state index contributed by atoms with van der Waals surface area (Å²) in [7, 11) is 0. The molecule has 0 saturated carbocycles. The Balaban J connectivity index is 0.000000387. The predicted molar refractivity (Wildman–Crippen MR) is 290 cm³/mol. The lowest BCUT2D eigenvalue weighted by Gasteiger charge is -2.21. The van der Waals surface area contributed by atoms with Crippen molar-refractivity contribution in [2.45, 2.75) is 188 Å². The van der Waals surface area contributed by atoms with Crippen LogP contribution in [0.15, 0.2) is 121 Å². The highest BCUT2D eigenvalue weighted by Gasteiger charge is 2.14. The fourth-order valence-electron chi connectivity index (χ4n) is 8.00. The van der Waals surface area contributed by atoms with Crippen molar-refractivity contribution in [3.63, 3.8) is 0 Å². The van der Waals surface area contributed by atoms with Crippen molar-refractivity contribution < 1.29 is 0 Å². The highest BCUT2D eigenvalue weighted by atomic mass is 14.2. The largest absolute Gasteiger partial charge is 0.0620 e. The van der Waals surface area contributed by atoms with E-state index >= 15 is 0 Å². The first kappa shape index (κ1) is 57.3. The van der Waals surface area contributed by atoms with Crippen molar-refractivity contribution in [1.82, 2.24) is 0 Å². The van der Waals surface area contributed by atoms with Gasteiger partial charge in [0.25, 0.3) is 0 Å². The van der Waals surface area contributed by atoms with Crippen LogP contribution in [-0.2, 0) is 37.5 Å². The normalized spacial score (nSPS) is 10.5. The van der Waals surface area contributed by atoms with Crippen molar-refractivity contribution in [3.05, 3.63) is 210 Å². The summed E-state index contributed by atoms with van der Waals surface area (Å²) < 4.78 is 0. The summed E-state index contributed by atoms with van der Waals surface area (Å²) in [6.07, 6.45) is 5.76. The van der Waals surface area contributed by atoms with Gasteiger partial charge in [-0.3, -0.25) is 0 Å².